The lowest BCUT2D eigenvalue weighted by Gasteiger charge is -2.14. The van der Waals surface area contributed by atoms with E-state index >= 15 is 0 Å². The quantitative estimate of drug-likeness (QED) is 0.201. The van der Waals surface area contributed by atoms with Crippen LogP contribution in [0.5, 0.6) is 0 Å². The molecule has 0 saturated carbocycles. The molecule has 13 nitrogen and oxygen atoms in total. The number of halogens is 3. The van der Waals surface area contributed by atoms with Crippen LogP contribution in [0.4, 0.5) is 13.2 Å². The molecule has 2 unspecified atom stereocenters. The highest BCUT2D eigenvalue weighted by molar-refractivity contribution is 7.90. The molecule has 3 heterocycles. The Hall–Kier alpha value is -4.67. The number of carbonyl (C=O) groups excluding carboxylic acids is 2. The number of ether oxygens (including phenoxy) is 1. The van der Waals surface area contributed by atoms with Crippen LogP contribution in [0.25, 0.3) is 16.9 Å². The third-order valence-electron chi connectivity index (χ3n) is 7.00. The summed E-state index contributed by atoms with van der Waals surface area (Å²) in [6.07, 6.45) is -5.31. The minimum atomic E-state index is -4.69. The van der Waals surface area contributed by atoms with Crippen molar-refractivity contribution in [3.05, 3.63) is 65.9 Å². The molecule has 1 fully saturated rings. The van der Waals surface area contributed by atoms with Gasteiger partial charge in [0.05, 0.1) is 34.7 Å². The van der Waals surface area contributed by atoms with Gasteiger partial charge in [-0.05, 0) is 43.7 Å². The van der Waals surface area contributed by atoms with Crippen LogP contribution in [-0.4, -0.2) is 59.4 Å². The van der Waals surface area contributed by atoms with Gasteiger partial charge in [0.25, 0.3) is 16.3 Å². The molecule has 1 aliphatic heterocycles. The van der Waals surface area contributed by atoms with Crippen LogP contribution in [0.3, 0.4) is 0 Å². The van der Waals surface area contributed by atoms with Gasteiger partial charge >= 0.3 is 12.1 Å². The van der Waals surface area contributed by atoms with Crippen molar-refractivity contribution in [3.8, 4) is 16.9 Å². The summed E-state index contributed by atoms with van der Waals surface area (Å²) < 4.78 is 80.0. The van der Waals surface area contributed by atoms with E-state index in [0.717, 1.165) is 21.3 Å². The Kier molecular flexibility index (Phi) is 8.48. The molecule has 17 heteroatoms. The maximum Gasteiger partial charge on any atom is 0.435 e. The fraction of sp³-hybridized carbons (Fsp3) is 0.393. The monoisotopic (exact) mass is 652 g/mol. The van der Waals surface area contributed by atoms with Gasteiger partial charge < -0.3 is 9.57 Å². The Morgan fingerprint density at radius 2 is 1.73 bits per heavy atom. The zero-order chi connectivity index (χ0) is 32.7. The van der Waals surface area contributed by atoms with Crippen molar-refractivity contribution in [2.45, 2.75) is 51.5 Å². The van der Waals surface area contributed by atoms with E-state index in [4.69, 9.17) is 14.2 Å². The number of carbonyl (C=O) groups is 2. The van der Waals surface area contributed by atoms with Crippen LogP contribution in [0, 0.1) is 18.8 Å². The van der Waals surface area contributed by atoms with Crippen molar-refractivity contribution in [1.82, 2.24) is 24.5 Å². The molecule has 242 valence electrons. The highest BCUT2D eigenvalue weighted by Gasteiger charge is 2.37. The van der Waals surface area contributed by atoms with Crippen LogP contribution in [0.2, 0.25) is 0 Å². The zero-order valence-corrected chi connectivity index (χ0v) is 25.5. The Bertz CT molecular complexity index is 1770. The SMILES string of the molecule is Cc1ccc(-c2cc(C(F)(F)F)nn2-c2ccc(S(=O)(=O)NC(=O)C3CCN(n4on4OC(C)OC(=O)C(C)C)C3)cc2)cc1. The van der Waals surface area contributed by atoms with Crippen molar-refractivity contribution < 1.29 is 45.4 Å². The summed E-state index contributed by atoms with van der Waals surface area (Å²) in [4.78, 5) is 30.9. The van der Waals surface area contributed by atoms with E-state index in [1.807, 2.05) is 6.92 Å². The van der Waals surface area contributed by atoms with E-state index in [1.165, 1.54) is 36.2 Å². The molecule has 0 aliphatic carbocycles. The van der Waals surface area contributed by atoms with E-state index in [1.54, 1.807) is 43.1 Å². The normalized spacial score (nSPS) is 16.3. The molecule has 1 saturated heterocycles. The average molecular weight is 653 g/mol. The van der Waals surface area contributed by atoms with Crippen molar-refractivity contribution in [3.63, 3.8) is 0 Å². The summed E-state index contributed by atoms with van der Waals surface area (Å²) in [6.45, 7) is 7.18. The lowest BCUT2D eigenvalue weighted by atomic mass is 10.1. The molecule has 1 N–H and O–H groups in total. The minimum absolute atomic E-state index is 0.114. The van der Waals surface area contributed by atoms with Gasteiger partial charge in [0.2, 0.25) is 5.91 Å². The molecule has 2 aromatic heterocycles. The number of amides is 1. The molecule has 0 radical (unpaired) electrons. The van der Waals surface area contributed by atoms with Gasteiger partial charge in [0.15, 0.2) is 5.69 Å². The van der Waals surface area contributed by atoms with Gasteiger partial charge in [0.1, 0.15) is 5.02 Å². The summed E-state index contributed by atoms with van der Waals surface area (Å²) in [5.74, 6) is -2.23. The molecule has 5 rings (SSSR count). The van der Waals surface area contributed by atoms with Crippen molar-refractivity contribution in [2.75, 3.05) is 18.1 Å². The van der Waals surface area contributed by atoms with Gasteiger partial charge in [-0.1, -0.05) is 43.7 Å². The van der Waals surface area contributed by atoms with Crippen molar-refractivity contribution in [2.24, 2.45) is 11.8 Å². The molecule has 1 amide bonds. The van der Waals surface area contributed by atoms with E-state index in [0.29, 0.717) is 18.5 Å². The third kappa shape index (κ3) is 7.19. The van der Waals surface area contributed by atoms with Crippen LogP contribution in [0.15, 0.2) is 64.1 Å². The lowest BCUT2D eigenvalue weighted by Crippen LogP contribution is -2.38. The molecule has 0 bridgehead atoms. The molecule has 0 spiro atoms. The van der Waals surface area contributed by atoms with Crippen LogP contribution >= 0.6 is 0 Å². The highest BCUT2D eigenvalue weighted by Crippen LogP contribution is 2.33. The fourth-order valence-electron chi connectivity index (χ4n) is 4.51. The second kappa shape index (κ2) is 12.0. The van der Waals surface area contributed by atoms with E-state index < -0.39 is 46.0 Å². The van der Waals surface area contributed by atoms with Crippen molar-refractivity contribution in [1.29, 1.82) is 0 Å². The number of alkyl halides is 3. The topological polar surface area (TPSA) is 143 Å². The summed E-state index contributed by atoms with van der Waals surface area (Å²) in [5, 5.41) is 6.30. The maximum absolute atomic E-state index is 13.5. The van der Waals surface area contributed by atoms with Gasteiger partial charge in [-0.15, -0.1) is 0 Å². The lowest BCUT2D eigenvalue weighted by molar-refractivity contribution is -0.184. The standard InChI is InChI=1S/C28H31F3N6O7S/c1-17(2)27(39)42-19(4)43-37-36(44-37)34-14-13-21(16-34)26(38)33-45(40,41)23-11-9-22(10-12-23)35-24(15-25(32-35)28(29,30)31)20-7-5-18(3)6-8-20/h5-12,15,17,19,21H,13-14,16H2,1-4H3,(H,33,38). The fourth-order valence-corrected chi connectivity index (χ4v) is 5.55. The number of nitrogens with zero attached hydrogens (tertiary/aromatic N) is 5. The predicted molar refractivity (Wildman–Crippen MR) is 152 cm³/mol. The number of aromatic nitrogens is 4. The molecular formula is C28H31F3N6O7S. The Morgan fingerprint density at radius 3 is 2.36 bits per heavy atom. The van der Waals surface area contributed by atoms with Gasteiger partial charge in [0, 0.05) is 24.0 Å². The number of sulfonamides is 1. The first-order valence-electron chi connectivity index (χ1n) is 13.9. The summed E-state index contributed by atoms with van der Waals surface area (Å²) in [6, 6.07) is 12.8. The smallest absolute Gasteiger partial charge is 0.423 e. The first kappa shape index (κ1) is 31.7. The molecule has 1 aliphatic rings. The van der Waals surface area contributed by atoms with Crippen molar-refractivity contribution >= 4 is 21.9 Å². The number of aryl methyl sites for hydroxylation is 1. The zero-order valence-electron chi connectivity index (χ0n) is 24.7. The summed E-state index contributed by atoms with van der Waals surface area (Å²) >= 11 is 0. The first-order valence-corrected chi connectivity index (χ1v) is 15.4. The molecular weight excluding hydrogens is 621 g/mol. The van der Waals surface area contributed by atoms with Gasteiger partial charge in [-0.2, -0.15) is 22.9 Å². The Labute approximate surface area is 255 Å². The average Bonchev–Trinajstić information content (AvgIpc) is 3.34. The number of esters is 1. The molecule has 2 atom stereocenters. The van der Waals surface area contributed by atoms with Crippen LogP contribution in [-0.2, 0) is 30.5 Å². The summed E-state index contributed by atoms with van der Waals surface area (Å²) in [7, 11) is -4.30. The second-order valence-corrected chi connectivity index (χ2v) is 12.6. The largest absolute Gasteiger partial charge is 0.435 e. The Morgan fingerprint density at radius 1 is 1.07 bits per heavy atom. The minimum Gasteiger partial charge on any atom is -0.423 e. The molecule has 2 aromatic carbocycles. The number of rotatable bonds is 10. The maximum atomic E-state index is 13.5. The number of benzene rings is 2. The van der Waals surface area contributed by atoms with Gasteiger partial charge in [-0.3, -0.25) is 14.6 Å². The van der Waals surface area contributed by atoms with E-state index in [9.17, 15) is 31.2 Å². The van der Waals surface area contributed by atoms with Crippen LogP contribution < -0.4 is 14.6 Å². The molecule has 45 heavy (non-hydrogen) atoms. The molecule has 4 aromatic rings. The number of hydrogen-bond acceptors (Lipinski definition) is 9. The van der Waals surface area contributed by atoms with Gasteiger partial charge in [-0.25, -0.2) is 17.8 Å². The first-order chi connectivity index (χ1) is 21.1. The van der Waals surface area contributed by atoms with Crippen LogP contribution in [0.1, 0.15) is 38.4 Å². The summed E-state index contributed by atoms with van der Waals surface area (Å²) in [5.41, 5.74) is 0.677. The van der Waals surface area contributed by atoms with E-state index in [-0.39, 0.29) is 28.7 Å². The predicted octanol–water partition coefficient (Wildman–Crippen LogP) is 3.50. The number of hydrogen-bond donors (Lipinski definition) is 1. The Balaban J connectivity index is 1.23. The third-order valence-corrected chi connectivity index (χ3v) is 8.37. The highest BCUT2D eigenvalue weighted by atomic mass is 32.2. The van der Waals surface area contributed by atoms with E-state index in [2.05, 4.69) is 9.82 Å². The second-order valence-electron chi connectivity index (χ2n) is 10.9. The number of nitrogens with one attached hydrogen (secondary N) is 1.